The quantitative estimate of drug-likeness (QED) is 0.851. The third-order valence-electron chi connectivity index (χ3n) is 3.83. The van der Waals surface area contributed by atoms with Crippen molar-refractivity contribution in [2.45, 2.75) is 35.7 Å². The van der Waals surface area contributed by atoms with Crippen LogP contribution in [-0.4, -0.2) is 20.7 Å². The van der Waals surface area contributed by atoms with Crippen LogP contribution in [-0.2, 0) is 11.8 Å². The molecule has 1 aromatic carbocycles. The minimum atomic E-state index is 0.0626. The number of nitrogens with one attached hydrogen (secondary N) is 1. The molecule has 6 heteroatoms. The van der Waals surface area contributed by atoms with Gasteiger partial charge in [0.15, 0.2) is 5.16 Å². The second-order valence-corrected chi connectivity index (χ2v) is 6.70. The number of carbonyl (C=O) groups is 1. The minimum Gasteiger partial charge on any atom is -0.325 e. The number of carbonyl (C=O) groups excluding carboxylic acids is 1. The Morgan fingerprint density at radius 3 is 3.04 bits per heavy atom. The summed E-state index contributed by atoms with van der Waals surface area (Å²) >= 11 is 1.50. The molecule has 1 N–H and O–H groups in total. The molecule has 1 atom stereocenters. The van der Waals surface area contributed by atoms with Crippen molar-refractivity contribution < 1.29 is 4.79 Å². The summed E-state index contributed by atoms with van der Waals surface area (Å²) in [6, 6.07) is 7.79. The fourth-order valence-electron chi connectivity index (χ4n) is 2.61. The number of hydrogen-bond acceptors (Lipinski definition) is 4. The molecule has 0 bridgehead atoms. The van der Waals surface area contributed by atoms with E-state index in [1.807, 2.05) is 35.9 Å². The number of hydrogen-bond donors (Lipinski definition) is 1. The zero-order chi connectivity index (χ0) is 16.1. The van der Waals surface area contributed by atoms with Crippen LogP contribution in [0.5, 0.6) is 0 Å². The highest BCUT2D eigenvalue weighted by atomic mass is 32.2. The number of rotatable bonds is 5. The summed E-state index contributed by atoms with van der Waals surface area (Å²) < 4.78 is 1.86. The summed E-state index contributed by atoms with van der Waals surface area (Å²) in [5.74, 6) is 0.426. The van der Waals surface area contributed by atoms with Gasteiger partial charge in [0.1, 0.15) is 6.33 Å². The maximum Gasteiger partial charge on any atom is 0.224 e. The first-order valence-electron chi connectivity index (χ1n) is 7.80. The third-order valence-corrected chi connectivity index (χ3v) is 4.96. The highest BCUT2D eigenvalue weighted by molar-refractivity contribution is 7.99. The standard InChI is InChI=1S/C17H20N4OS/c1-21-12-18-20-17(21)23-15-10-6-5-9-14(15)19-16(22)11-13-7-3-2-4-8-13/h3,5-7,9-10,12-13H,2,4,8,11H2,1H3,(H,19,22). The smallest absolute Gasteiger partial charge is 0.224 e. The van der Waals surface area contributed by atoms with Crippen molar-refractivity contribution in [2.75, 3.05) is 5.32 Å². The van der Waals surface area contributed by atoms with E-state index in [-0.39, 0.29) is 5.91 Å². The van der Waals surface area contributed by atoms with E-state index in [0.29, 0.717) is 12.3 Å². The van der Waals surface area contributed by atoms with Gasteiger partial charge in [0.25, 0.3) is 0 Å². The zero-order valence-electron chi connectivity index (χ0n) is 13.1. The van der Waals surface area contributed by atoms with Crippen LogP contribution in [0.1, 0.15) is 25.7 Å². The molecule has 120 valence electrons. The SMILES string of the molecule is Cn1cnnc1Sc1ccccc1NC(=O)CC1C=CCCC1. The lowest BCUT2D eigenvalue weighted by molar-refractivity contribution is -0.116. The van der Waals surface area contributed by atoms with Crippen LogP contribution in [0.2, 0.25) is 0 Å². The Morgan fingerprint density at radius 2 is 2.30 bits per heavy atom. The van der Waals surface area contributed by atoms with Crippen molar-refractivity contribution in [3.63, 3.8) is 0 Å². The lowest BCUT2D eigenvalue weighted by atomic mass is 9.93. The molecule has 1 unspecified atom stereocenters. The number of aromatic nitrogens is 3. The van der Waals surface area contributed by atoms with Crippen LogP contribution < -0.4 is 5.32 Å². The van der Waals surface area contributed by atoms with E-state index in [2.05, 4.69) is 27.7 Å². The summed E-state index contributed by atoms with van der Waals surface area (Å²) in [6.45, 7) is 0. The predicted molar refractivity (Wildman–Crippen MR) is 91.3 cm³/mol. The number of nitrogens with zero attached hydrogens (tertiary/aromatic N) is 3. The van der Waals surface area contributed by atoms with Crippen molar-refractivity contribution in [2.24, 2.45) is 13.0 Å². The fraction of sp³-hybridized carbons (Fsp3) is 0.353. The average Bonchev–Trinajstić information content (AvgIpc) is 2.95. The summed E-state index contributed by atoms with van der Waals surface area (Å²) in [7, 11) is 1.90. The molecule has 5 nitrogen and oxygen atoms in total. The Kier molecular flexibility index (Phi) is 5.12. The molecule has 0 radical (unpaired) electrons. The lowest BCUT2D eigenvalue weighted by Crippen LogP contribution is -2.17. The van der Waals surface area contributed by atoms with Gasteiger partial charge in [-0.15, -0.1) is 10.2 Å². The van der Waals surface area contributed by atoms with Gasteiger partial charge in [0.2, 0.25) is 5.91 Å². The summed E-state index contributed by atoms with van der Waals surface area (Å²) in [6.07, 6.45) is 9.96. The maximum absolute atomic E-state index is 12.3. The molecule has 1 aromatic heterocycles. The number of benzene rings is 1. The molecule has 0 aliphatic heterocycles. The first kappa shape index (κ1) is 15.8. The number of anilines is 1. The van der Waals surface area contributed by atoms with Crippen molar-refractivity contribution in [3.05, 3.63) is 42.7 Å². The topological polar surface area (TPSA) is 59.8 Å². The van der Waals surface area contributed by atoms with Gasteiger partial charge in [0.05, 0.1) is 5.69 Å². The molecule has 0 saturated carbocycles. The van der Waals surface area contributed by atoms with Crippen molar-refractivity contribution in [3.8, 4) is 0 Å². The van der Waals surface area contributed by atoms with E-state index < -0.39 is 0 Å². The molecule has 1 heterocycles. The first-order chi connectivity index (χ1) is 11.2. The number of allylic oxidation sites excluding steroid dienone is 2. The van der Waals surface area contributed by atoms with Crippen molar-refractivity contribution >= 4 is 23.4 Å². The molecular formula is C17H20N4OS. The van der Waals surface area contributed by atoms with Gasteiger partial charge < -0.3 is 9.88 Å². The second-order valence-electron chi connectivity index (χ2n) is 5.69. The van der Waals surface area contributed by atoms with E-state index in [0.717, 1.165) is 28.6 Å². The van der Waals surface area contributed by atoms with Gasteiger partial charge in [-0.1, -0.05) is 24.3 Å². The van der Waals surface area contributed by atoms with Crippen molar-refractivity contribution in [1.29, 1.82) is 0 Å². The lowest BCUT2D eigenvalue weighted by Gasteiger charge is -2.16. The van der Waals surface area contributed by atoms with Gasteiger partial charge in [-0.25, -0.2) is 0 Å². The Balaban J connectivity index is 1.67. The van der Waals surface area contributed by atoms with Gasteiger partial charge >= 0.3 is 0 Å². The Bertz CT molecular complexity index is 710. The zero-order valence-corrected chi connectivity index (χ0v) is 13.9. The summed E-state index contributed by atoms with van der Waals surface area (Å²) in [5.41, 5.74) is 0.824. The molecule has 2 aromatic rings. The number of para-hydroxylation sites is 1. The Morgan fingerprint density at radius 1 is 1.43 bits per heavy atom. The molecule has 0 fully saturated rings. The highest BCUT2D eigenvalue weighted by Crippen LogP contribution is 2.32. The maximum atomic E-state index is 12.3. The van der Waals surface area contributed by atoms with E-state index in [4.69, 9.17) is 0 Å². The Hall–Kier alpha value is -2.08. The molecule has 0 spiro atoms. The van der Waals surface area contributed by atoms with E-state index in [9.17, 15) is 4.79 Å². The van der Waals surface area contributed by atoms with Gasteiger partial charge in [-0.05, 0) is 49.1 Å². The molecule has 1 aliphatic carbocycles. The van der Waals surface area contributed by atoms with Crippen LogP contribution in [0.25, 0.3) is 0 Å². The molecule has 3 rings (SSSR count). The number of amides is 1. The molecular weight excluding hydrogens is 308 g/mol. The van der Waals surface area contributed by atoms with Gasteiger partial charge in [0, 0.05) is 18.4 Å². The second kappa shape index (κ2) is 7.46. The summed E-state index contributed by atoms with van der Waals surface area (Å²) in [4.78, 5) is 13.3. The van der Waals surface area contributed by atoms with E-state index in [1.165, 1.54) is 18.2 Å². The van der Waals surface area contributed by atoms with Crippen LogP contribution in [0, 0.1) is 5.92 Å². The van der Waals surface area contributed by atoms with Crippen LogP contribution >= 0.6 is 11.8 Å². The van der Waals surface area contributed by atoms with Crippen LogP contribution in [0.15, 0.2) is 52.8 Å². The Labute approximate surface area is 140 Å². The molecule has 23 heavy (non-hydrogen) atoms. The molecule has 0 saturated heterocycles. The van der Waals surface area contributed by atoms with E-state index >= 15 is 0 Å². The normalized spacial score (nSPS) is 17.2. The van der Waals surface area contributed by atoms with Crippen LogP contribution in [0.3, 0.4) is 0 Å². The highest BCUT2D eigenvalue weighted by Gasteiger charge is 2.15. The molecule has 1 aliphatic rings. The molecule has 1 amide bonds. The minimum absolute atomic E-state index is 0.0626. The number of aryl methyl sites for hydroxylation is 1. The first-order valence-corrected chi connectivity index (χ1v) is 8.61. The van der Waals surface area contributed by atoms with Gasteiger partial charge in [-0.2, -0.15) is 0 Å². The summed E-state index contributed by atoms with van der Waals surface area (Å²) in [5, 5.41) is 11.8. The van der Waals surface area contributed by atoms with E-state index in [1.54, 1.807) is 6.33 Å². The predicted octanol–water partition coefficient (Wildman–Crippen LogP) is 3.65. The fourth-order valence-corrected chi connectivity index (χ4v) is 3.47. The third kappa shape index (κ3) is 4.22. The van der Waals surface area contributed by atoms with Crippen LogP contribution in [0.4, 0.5) is 5.69 Å². The van der Waals surface area contributed by atoms with Crippen molar-refractivity contribution in [1.82, 2.24) is 14.8 Å². The average molecular weight is 328 g/mol. The largest absolute Gasteiger partial charge is 0.325 e. The van der Waals surface area contributed by atoms with Gasteiger partial charge in [-0.3, -0.25) is 4.79 Å². The monoisotopic (exact) mass is 328 g/mol.